The highest BCUT2D eigenvalue weighted by molar-refractivity contribution is 7.92. The quantitative estimate of drug-likeness (QED) is 0.821. The van der Waals surface area contributed by atoms with Crippen molar-refractivity contribution in [3.05, 3.63) is 59.9 Å². The zero-order chi connectivity index (χ0) is 18.0. The first-order valence-corrected chi connectivity index (χ1v) is 9.83. The minimum Gasteiger partial charge on any atom is -0.312 e. The first-order chi connectivity index (χ1) is 11.9. The predicted molar refractivity (Wildman–Crippen MR) is 95.7 cm³/mol. The summed E-state index contributed by atoms with van der Waals surface area (Å²) in [5.74, 6) is -0.804. The largest absolute Gasteiger partial charge is 0.312 e. The van der Waals surface area contributed by atoms with Crippen LogP contribution >= 0.6 is 0 Å². The summed E-state index contributed by atoms with van der Waals surface area (Å²) < 4.78 is 39.0. The van der Waals surface area contributed by atoms with Crippen LogP contribution in [0.15, 0.2) is 48.5 Å². The van der Waals surface area contributed by atoms with Gasteiger partial charge in [0.2, 0.25) is 15.9 Å². The first-order valence-electron chi connectivity index (χ1n) is 7.98. The smallest absolute Gasteiger partial charge is 0.232 e. The zero-order valence-electron chi connectivity index (χ0n) is 13.9. The number of carbonyl (C=O) groups excluding carboxylic acids is 1. The monoisotopic (exact) mass is 362 g/mol. The van der Waals surface area contributed by atoms with Crippen molar-refractivity contribution in [2.75, 3.05) is 28.6 Å². The molecule has 0 unspecified atom stereocenters. The van der Waals surface area contributed by atoms with E-state index in [1.54, 1.807) is 11.0 Å². The van der Waals surface area contributed by atoms with Crippen molar-refractivity contribution in [3.8, 4) is 0 Å². The number of carbonyl (C=O) groups is 1. The highest BCUT2D eigenvalue weighted by Gasteiger charge is 2.26. The van der Waals surface area contributed by atoms with Crippen LogP contribution in [0.5, 0.6) is 0 Å². The molecule has 1 aliphatic heterocycles. The van der Waals surface area contributed by atoms with Crippen molar-refractivity contribution in [1.29, 1.82) is 0 Å². The summed E-state index contributed by atoms with van der Waals surface area (Å²) in [6, 6.07) is 13.3. The maximum atomic E-state index is 14.0. The van der Waals surface area contributed by atoms with Gasteiger partial charge in [0.15, 0.2) is 0 Å². The molecule has 0 radical (unpaired) electrons. The van der Waals surface area contributed by atoms with Gasteiger partial charge in [-0.3, -0.25) is 9.10 Å². The van der Waals surface area contributed by atoms with Crippen LogP contribution in [0.3, 0.4) is 0 Å². The van der Waals surface area contributed by atoms with Crippen molar-refractivity contribution >= 4 is 27.3 Å². The lowest BCUT2D eigenvalue weighted by Crippen LogP contribution is -2.36. The standard InChI is InChI=1S/C18H19FN2O3S/c1-25(23,24)21(17-9-5-3-7-15(17)19)13-11-18(22)20-12-10-14-6-2-4-8-16(14)20/h2-9H,10-13H2,1H3. The highest BCUT2D eigenvalue weighted by atomic mass is 32.2. The zero-order valence-corrected chi connectivity index (χ0v) is 14.7. The van der Waals surface area contributed by atoms with Crippen molar-refractivity contribution < 1.29 is 17.6 Å². The predicted octanol–water partition coefficient (Wildman–Crippen LogP) is 2.57. The second-order valence-electron chi connectivity index (χ2n) is 5.96. The minimum absolute atomic E-state index is 0.0181. The molecule has 0 aliphatic carbocycles. The third-order valence-electron chi connectivity index (χ3n) is 4.24. The number of nitrogens with zero attached hydrogens (tertiary/aromatic N) is 2. The lowest BCUT2D eigenvalue weighted by molar-refractivity contribution is -0.118. The third-order valence-corrected chi connectivity index (χ3v) is 5.42. The van der Waals surface area contributed by atoms with Crippen LogP contribution in [-0.2, 0) is 21.2 Å². The Morgan fingerprint density at radius 1 is 1.16 bits per heavy atom. The summed E-state index contributed by atoms with van der Waals surface area (Å²) in [6.45, 7) is 0.480. The number of fused-ring (bicyclic) bond motifs is 1. The van der Waals surface area contributed by atoms with Gasteiger partial charge < -0.3 is 4.90 Å². The molecule has 0 N–H and O–H groups in total. The van der Waals surface area contributed by atoms with E-state index >= 15 is 0 Å². The number of halogens is 1. The van der Waals surface area contributed by atoms with E-state index in [0.717, 1.165) is 28.2 Å². The Kier molecular flexibility index (Phi) is 4.76. The van der Waals surface area contributed by atoms with Gasteiger partial charge in [0.05, 0.1) is 11.9 Å². The molecule has 0 bridgehead atoms. The normalized spacial score (nSPS) is 13.6. The Morgan fingerprint density at radius 3 is 2.56 bits per heavy atom. The van der Waals surface area contributed by atoms with E-state index < -0.39 is 15.8 Å². The van der Waals surface area contributed by atoms with Gasteiger partial charge in [-0.15, -0.1) is 0 Å². The highest BCUT2D eigenvalue weighted by Crippen LogP contribution is 2.28. The molecule has 3 rings (SSSR count). The molecule has 0 spiro atoms. The molecule has 132 valence electrons. The van der Waals surface area contributed by atoms with Crippen LogP contribution in [0.4, 0.5) is 15.8 Å². The number of sulfonamides is 1. The molecule has 0 atom stereocenters. The van der Waals surface area contributed by atoms with Gasteiger partial charge in [-0.05, 0) is 30.2 Å². The Hall–Kier alpha value is -2.41. The molecule has 0 fully saturated rings. The van der Waals surface area contributed by atoms with Gasteiger partial charge in [0, 0.05) is 25.2 Å². The number of hydrogen-bond acceptors (Lipinski definition) is 3. The maximum Gasteiger partial charge on any atom is 0.232 e. The fraction of sp³-hybridized carbons (Fsp3) is 0.278. The molecular weight excluding hydrogens is 343 g/mol. The molecule has 0 saturated carbocycles. The van der Waals surface area contributed by atoms with Gasteiger partial charge >= 0.3 is 0 Å². The van der Waals surface area contributed by atoms with Gasteiger partial charge in [-0.25, -0.2) is 12.8 Å². The second kappa shape index (κ2) is 6.84. The van der Waals surface area contributed by atoms with Crippen LogP contribution in [0.1, 0.15) is 12.0 Å². The summed E-state index contributed by atoms with van der Waals surface area (Å²) in [7, 11) is -3.70. The fourth-order valence-corrected chi connectivity index (χ4v) is 3.98. The molecule has 1 heterocycles. The molecule has 25 heavy (non-hydrogen) atoms. The molecule has 0 saturated heterocycles. The Labute approximate surface area is 146 Å². The Bertz CT molecular complexity index is 899. The average Bonchev–Trinajstić information content (AvgIpc) is 2.99. The molecule has 7 heteroatoms. The van der Waals surface area contributed by atoms with E-state index in [0.29, 0.717) is 6.54 Å². The van der Waals surface area contributed by atoms with Crippen LogP contribution in [0.25, 0.3) is 0 Å². The van der Waals surface area contributed by atoms with E-state index in [2.05, 4.69) is 0 Å². The van der Waals surface area contributed by atoms with Gasteiger partial charge in [0.25, 0.3) is 0 Å². The van der Waals surface area contributed by atoms with Crippen LogP contribution in [0.2, 0.25) is 0 Å². The molecule has 2 aromatic carbocycles. The molecule has 5 nitrogen and oxygen atoms in total. The summed E-state index contributed by atoms with van der Waals surface area (Å²) >= 11 is 0. The first kappa shape index (κ1) is 17.4. The van der Waals surface area contributed by atoms with Crippen molar-refractivity contribution in [2.24, 2.45) is 0 Å². The van der Waals surface area contributed by atoms with E-state index in [9.17, 15) is 17.6 Å². The lowest BCUT2D eigenvalue weighted by atomic mass is 10.2. The van der Waals surface area contributed by atoms with Crippen LogP contribution < -0.4 is 9.21 Å². The van der Waals surface area contributed by atoms with E-state index in [4.69, 9.17) is 0 Å². The van der Waals surface area contributed by atoms with E-state index in [1.807, 2.05) is 24.3 Å². The minimum atomic E-state index is -3.70. The van der Waals surface area contributed by atoms with Crippen molar-refractivity contribution in [2.45, 2.75) is 12.8 Å². The Morgan fingerprint density at radius 2 is 1.84 bits per heavy atom. The van der Waals surface area contributed by atoms with Crippen LogP contribution in [0, 0.1) is 5.82 Å². The topological polar surface area (TPSA) is 57.7 Å². The number of benzene rings is 2. The van der Waals surface area contributed by atoms with Crippen molar-refractivity contribution in [1.82, 2.24) is 0 Å². The number of hydrogen-bond donors (Lipinski definition) is 0. The number of anilines is 2. The third kappa shape index (κ3) is 3.66. The number of rotatable bonds is 5. The van der Waals surface area contributed by atoms with Crippen LogP contribution in [-0.4, -0.2) is 33.7 Å². The molecule has 1 aliphatic rings. The fourth-order valence-electron chi connectivity index (χ4n) is 3.05. The lowest BCUT2D eigenvalue weighted by Gasteiger charge is -2.24. The van der Waals surface area contributed by atoms with E-state index in [1.165, 1.54) is 18.2 Å². The number of amides is 1. The SMILES string of the molecule is CS(=O)(=O)N(CCC(=O)N1CCc2ccccc21)c1ccccc1F. The summed E-state index contributed by atoms with van der Waals surface area (Å²) in [5.41, 5.74) is 1.92. The maximum absolute atomic E-state index is 14.0. The molecule has 2 aromatic rings. The van der Waals surface area contributed by atoms with Gasteiger partial charge in [-0.2, -0.15) is 0 Å². The Balaban J connectivity index is 1.77. The second-order valence-corrected chi connectivity index (χ2v) is 7.87. The summed E-state index contributed by atoms with van der Waals surface area (Å²) in [6.07, 6.45) is 1.77. The molecule has 1 amide bonds. The number of para-hydroxylation sites is 2. The van der Waals surface area contributed by atoms with Gasteiger partial charge in [0.1, 0.15) is 5.82 Å². The summed E-state index contributed by atoms with van der Waals surface area (Å²) in [4.78, 5) is 14.2. The van der Waals surface area contributed by atoms with Crippen molar-refractivity contribution in [3.63, 3.8) is 0 Å². The van der Waals surface area contributed by atoms with Gasteiger partial charge in [-0.1, -0.05) is 30.3 Å². The average molecular weight is 362 g/mol. The summed E-state index contributed by atoms with van der Waals surface area (Å²) in [5, 5.41) is 0. The molecular formula is C18H19FN2O3S. The molecule has 0 aromatic heterocycles. The van der Waals surface area contributed by atoms with E-state index in [-0.39, 0.29) is 24.6 Å².